The molecule has 0 radical (unpaired) electrons. The predicted molar refractivity (Wildman–Crippen MR) is 123 cm³/mol. The number of piperidine rings is 1. The number of nitrogens with zero attached hydrogens (tertiary/aromatic N) is 3. The van der Waals surface area contributed by atoms with Gasteiger partial charge < -0.3 is 9.84 Å². The number of sulfonamides is 1. The molecule has 3 aromatic rings. The topological polar surface area (TPSA) is 105 Å². The van der Waals surface area contributed by atoms with E-state index in [1.165, 1.54) is 15.6 Å². The number of amides is 1. The first-order valence-corrected chi connectivity index (χ1v) is 12.8. The van der Waals surface area contributed by atoms with Crippen LogP contribution in [0.25, 0.3) is 10.7 Å². The Morgan fingerprint density at radius 3 is 2.72 bits per heavy atom. The summed E-state index contributed by atoms with van der Waals surface area (Å²) < 4.78 is 32.7. The fraction of sp³-hybridized carbons (Fsp3) is 0.409. The third-order valence-electron chi connectivity index (χ3n) is 5.58. The monoisotopic (exact) mass is 474 g/mol. The van der Waals surface area contributed by atoms with Crippen molar-refractivity contribution >= 4 is 33.0 Å². The van der Waals surface area contributed by atoms with E-state index in [-0.39, 0.29) is 17.3 Å². The van der Waals surface area contributed by atoms with Gasteiger partial charge in [-0.15, -0.1) is 11.3 Å². The number of nitrogens with one attached hydrogen (secondary N) is 1. The maximum absolute atomic E-state index is 13.0. The summed E-state index contributed by atoms with van der Waals surface area (Å²) in [6.45, 7) is 6.35. The smallest absolute Gasteiger partial charge is 0.243 e. The van der Waals surface area contributed by atoms with E-state index >= 15 is 0 Å². The number of anilines is 1. The van der Waals surface area contributed by atoms with Crippen LogP contribution in [-0.2, 0) is 21.2 Å². The molecule has 0 aliphatic carbocycles. The predicted octanol–water partition coefficient (Wildman–Crippen LogP) is 4.02. The molecule has 2 aromatic heterocycles. The van der Waals surface area contributed by atoms with Crippen molar-refractivity contribution in [3.05, 3.63) is 46.7 Å². The van der Waals surface area contributed by atoms with Crippen molar-refractivity contribution in [1.29, 1.82) is 0 Å². The molecule has 8 nitrogen and oxygen atoms in total. The number of aryl methyl sites for hydroxylation is 3. The molecule has 1 fully saturated rings. The van der Waals surface area contributed by atoms with Crippen molar-refractivity contribution in [3.63, 3.8) is 0 Å². The van der Waals surface area contributed by atoms with Gasteiger partial charge >= 0.3 is 0 Å². The zero-order chi connectivity index (χ0) is 22.9. The van der Waals surface area contributed by atoms with Crippen molar-refractivity contribution < 1.29 is 17.7 Å². The van der Waals surface area contributed by atoms with E-state index in [1.807, 2.05) is 26.8 Å². The van der Waals surface area contributed by atoms with Crippen molar-refractivity contribution in [1.82, 2.24) is 14.4 Å². The Balaban J connectivity index is 1.46. The zero-order valence-corrected chi connectivity index (χ0v) is 19.9. The molecule has 1 amide bonds. The Labute approximate surface area is 191 Å². The molecule has 1 aromatic carbocycles. The number of benzene rings is 1. The lowest BCUT2D eigenvalue weighted by atomic mass is 9.99. The Bertz CT molecular complexity index is 1220. The standard InChI is InChI=1S/C22H26N4O4S2/c1-4-20-24-21(25-30-20)19-12-18(15(3)31-19)23-22(27)16-6-5-11-26(13-16)32(28,29)17-9-7-14(2)8-10-17/h7-10,12,16H,4-6,11,13H2,1-3H3,(H,23,27)/t16-/m1/s1. The highest BCUT2D eigenvalue weighted by Crippen LogP contribution is 2.33. The summed E-state index contributed by atoms with van der Waals surface area (Å²) in [7, 11) is -3.63. The molecule has 3 heterocycles. The average Bonchev–Trinajstić information content (AvgIpc) is 3.41. The van der Waals surface area contributed by atoms with Gasteiger partial charge in [-0.1, -0.05) is 29.8 Å². The van der Waals surface area contributed by atoms with Crippen molar-refractivity contribution in [2.45, 2.75) is 44.9 Å². The maximum atomic E-state index is 13.0. The van der Waals surface area contributed by atoms with E-state index in [0.717, 1.165) is 15.3 Å². The third kappa shape index (κ3) is 4.62. The minimum absolute atomic E-state index is 0.169. The van der Waals surface area contributed by atoms with Gasteiger partial charge in [-0.25, -0.2) is 8.42 Å². The summed E-state index contributed by atoms with van der Waals surface area (Å²) in [5, 5.41) is 6.96. The Morgan fingerprint density at radius 2 is 2.03 bits per heavy atom. The fourth-order valence-corrected chi connectivity index (χ4v) is 6.11. The average molecular weight is 475 g/mol. The largest absolute Gasteiger partial charge is 0.339 e. The fourth-order valence-electron chi connectivity index (χ4n) is 3.68. The molecule has 4 rings (SSSR count). The molecule has 1 aliphatic heterocycles. The number of thiophene rings is 1. The molecule has 0 saturated carbocycles. The maximum Gasteiger partial charge on any atom is 0.243 e. The van der Waals surface area contributed by atoms with Crippen LogP contribution in [0.5, 0.6) is 0 Å². The van der Waals surface area contributed by atoms with E-state index in [2.05, 4.69) is 15.5 Å². The van der Waals surface area contributed by atoms with Crippen molar-refractivity contribution in [3.8, 4) is 10.7 Å². The SMILES string of the molecule is CCc1nc(-c2cc(NC(=O)[C@@H]3CCCN(S(=O)(=O)c4ccc(C)cc4)C3)c(C)s2)no1. The molecule has 0 bridgehead atoms. The van der Waals surface area contributed by atoms with Crippen molar-refractivity contribution in [2.24, 2.45) is 5.92 Å². The second kappa shape index (κ2) is 9.13. The molecule has 1 aliphatic rings. The molecule has 1 atom stereocenters. The van der Waals surface area contributed by atoms with E-state index in [4.69, 9.17) is 4.52 Å². The van der Waals surface area contributed by atoms with Crippen LogP contribution in [0.3, 0.4) is 0 Å². The van der Waals surface area contributed by atoms with E-state index in [1.54, 1.807) is 24.3 Å². The quantitative estimate of drug-likeness (QED) is 0.579. The highest BCUT2D eigenvalue weighted by atomic mass is 32.2. The highest BCUT2D eigenvalue weighted by molar-refractivity contribution is 7.89. The van der Waals surface area contributed by atoms with Gasteiger partial charge in [0.1, 0.15) is 0 Å². The lowest BCUT2D eigenvalue weighted by molar-refractivity contribution is -0.120. The molecule has 32 heavy (non-hydrogen) atoms. The Hall–Kier alpha value is -2.56. The summed E-state index contributed by atoms with van der Waals surface area (Å²) in [5.41, 5.74) is 1.69. The molecule has 170 valence electrons. The molecule has 0 unspecified atom stereocenters. The molecule has 10 heteroatoms. The number of hydrogen-bond donors (Lipinski definition) is 1. The zero-order valence-electron chi connectivity index (χ0n) is 18.3. The van der Waals surface area contributed by atoms with Gasteiger partial charge in [-0.2, -0.15) is 9.29 Å². The van der Waals surface area contributed by atoms with Crippen LogP contribution in [0, 0.1) is 19.8 Å². The lowest BCUT2D eigenvalue weighted by Gasteiger charge is -2.31. The summed E-state index contributed by atoms with van der Waals surface area (Å²) in [4.78, 5) is 19.3. The minimum atomic E-state index is -3.63. The molecular weight excluding hydrogens is 448 g/mol. The van der Waals surface area contributed by atoms with Crippen LogP contribution < -0.4 is 5.32 Å². The number of carbonyl (C=O) groups is 1. The Kier molecular flexibility index (Phi) is 6.45. The van der Waals surface area contributed by atoms with Gasteiger partial charge in [0, 0.05) is 24.4 Å². The molecule has 1 N–H and O–H groups in total. The molecule has 1 saturated heterocycles. The van der Waals surface area contributed by atoms with Crippen LogP contribution in [0.15, 0.2) is 39.8 Å². The van der Waals surface area contributed by atoms with E-state index < -0.39 is 15.9 Å². The normalized spacial score (nSPS) is 17.4. The van der Waals surface area contributed by atoms with Crippen LogP contribution in [0.1, 0.15) is 36.1 Å². The summed E-state index contributed by atoms with van der Waals surface area (Å²) >= 11 is 1.48. The van der Waals surface area contributed by atoms with Crippen LogP contribution in [0.2, 0.25) is 0 Å². The van der Waals surface area contributed by atoms with Crippen molar-refractivity contribution in [2.75, 3.05) is 18.4 Å². The number of carbonyl (C=O) groups excluding carboxylic acids is 1. The summed E-state index contributed by atoms with van der Waals surface area (Å²) in [5.74, 6) is 0.476. The van der Waals surface area contributed by atoms with E-state index in [0.29, 0.717) is 43.2 Å². The molecule has 0 spiro atoms. The first-order valence-electron chi connectivity index (χ1n) is 10.6. The van der Waals surface area contributed by atoms with Crippen LogP contribution in [-0.4, -0.2) is 41.9 Å². The number of hydrogen-bond acceptors (Lipinski definition) is 7. The minimum Gasteiger partial charge on any atom is -0.339 e. The summed E-state index contributed by atoms with van der Waals surface area (Å²) in [6.07, 6.45) is 1.94. The van der Waals surface area contributed by atoms with Crippen LogP contribution in [0.4, 0.5) is 5.69 Å². The summed E-state index contributed by atoms with van der Waals surface area (Å²) in [6, 6.07) is 8.64. The van der Waals surface area contributed by atoms with Gasteiger partial charge in [0.25, 0.3) is 0 Å². The van der Waals surface area contributed by atoms with Gasteiger partial charge in [-0.05, 0) is 44.9 Å². The van der Waals surface area contributed by atoms with E-state index in [9.17, 15) is 13.2 Å². The third-order valence-corrected chi connectivity index (χ3v) is 8.51. The first kappa shape index (κ1) is 22.6. The number of rotatable bonds is 6. The number of aromatic nitrogens is 2. The first-order chi connectivity index (χ1) is 15.3. The van der Waals surface area contributed by atoms with Crippen LogP contribution >= 0.6 is 11.3 Å². The Morgan fingerprint density at radius 1 is 1.28 bits per heavy atom. The second-order valence-electron chi connectivity index (χ2n) is 7.95. The highest BCUT2D eigenvalue weighted by Gasteiger charge is 2.33. The van der Waals surface area contributed by atoms with Gasteiger partial charge in [-0.3, -0.25) is 4.79 Å². The van der Waals surface area contributed by atoms with Gasteiger partial charge in [0.15, 0.2) is 0 Å². The molecular formula is C22H26N4O4S2. The van der Waals surface area contributed by atoms with Gasteiger partial charge in [0.05, 0.1) is 21.4 Å². The van der Waals surface area contributed by atoms with Gasteiger partial charge in [0.2, 0.25) is 27.6 Å². The second-order valence-corrected chi connectivity index (χ2v) is 11.1. The lowest BCUT2D eigenvalue weighted by Crippen LogP contribution is -2.43.